The van der Waals surface area contributed by atoms with E-state index in [0.717, 1.165) is 6.07 Å². The fourth-order valence-electron chi connectivity index (χ4n) is 1.42. The van der Waals surface area contributed by atoms with Crippen molar-refractivity contribution in [3.63, 3.8) is 0 Å². The average Bonchev–Trinajstić information content (AvgIpc) is 2.31. The van der Waals surface area contributed by atoms with Gasteiger partial charge in [-0.2, -0.15) is 0 Å². The molecule has 0 bridgehead atoms. The van der Waals surface area contributed by atoms with Gasteiger partial charge in [0, 0.05) is 21.6 Å². The summed E-state index contributed by atoms with van der Waals surface area (Å²) in [5.74, 6) is -1.29. The van der Waals surface area contributed by atoms with Crippen LogP contribution in [0.5, 0.6) is 0 Å². The number of rotatable bonds is 4. The fourth-order valence-corrected chi connectivity index (χ4v) is 2.06. The first-order chi connectivity index (χ1) is 9.10. The third-order valence-corrected chi connectivity index (χ3v) is 3.81. The highest BCUT2D eigenvalue weighted by molar-refractivity contribution is 8.01. The Balaban J connectivity index is 2.86. The van der Waals surface area contributed by atoms with E-state index in [1.807, 2.05) is 20.8 Å². The van der Waals surface area contributed by atoms with E-state index in [0.29, 0.717) is 0 Å². The van der Waals surface area contributed by atoms with Gasteiger partial charge in [-0.15, -0.1) is 11.8 Å². The molecule has 0 aliphatic rings. The third kappa shape index (κ3) is 4.85. The van der Waals surface area contributed by atoms with E-state index in [1.54, 1.807) is 0 Å². The van der Waals surface area contributed by atoms with E-state index < -0.39 is 11.7 Å². The second-order valence-electron chi connectivity index (χ2n) is 5.44. The second-order valence-corrected chi connectivity index (χ2v) is 7.25. The van der Waals surface area contributed by atoms with Gasteiger partial charge in [-0.05, 0) is 19.1 Å². The maximum absolute atomic E-state index is 13.7. The summed E-state index contributed by atoms with van der Waals surface area (Å²) < 4.78 is 13.6. The molecule has 3 N–H and O–H groups in total. The SMILES string of the molecule is Cc1c(F)cc(C(N)=O)cc1NC(=O)CSC(C)(C)C. The number of carbonyl (C=O) groups excluding carboxylic acids is 2. The minimum atomic E-state index is -0.733. The van der Waals surface area contributed by atoms with Crippen LogP contribution in [0.3, 0.4) is 0 Å². The quantitative estimate of drug-likeness (QED) is 0.897. The molecule has 1 aromatic rings. The van der Waals surface area contributed by atoms with Crippen LogP contribution in [-0.2, 0) is 4.79 Å². The Kier molecular flexibility index (Phi) is 5.16. The van der Waals surface area contributed by atoms with E-state index in [4.69, 9.17) is 5.73 Å². The molecular weight excluding hydrogens is 279 g/mol. The van der Waals surface area contributed by atoms with Crippen molar-refractivity contribution in [1.82, 2.24) is 0 Å². The number of anilines is 1. The lowest BCUT2D eigenvalue weighted by atomic mass is 10.1. The largest absolute Gasteiger partial charge is 0.366 e. The van der Waals surface area contributed by atoms with Gasteiger partial charge in [0.2, 0.25) is 11.8 Å². The molecule has 1 aromatic carbocycles. The molecule has 0 atom stereocenters. The van der Waals surface area contributed by atoms with Crippen molar-refractivity contribution in [2.45, 2.75) is 32.4 Å². The number of nitrogens with one attached hydrogen (secondary N) is 1. The molecule has 6 heteroatoms. The van der Waals surface area contributed by atoms with Crippen molar-refractivity contribution in [3.8, 4) is 0 Å². The Bertz CT molecular complexity index is 539. The molecule has 0 fully saturated rings. The van der Waals surface area contributed by atoms with Gasteiger partial charge in [0.05, 0.1) is 5.75 Å². The van der Waals surface area contributed by atoms with Crippen molar-refractivity contribution in [3.05, 3.63) is 29.1 Å². The number of halogens is 1. The van der Waals surface area contributed by atoms with Crippen molar-refractivity contribution >= 4 is 29.3 Å². The zero-order valence-electron chi connectivity index (χ0n) is 12.0. The Morgan fingerprint density at radius 1 is 1.35 bits per heavy atom. The van der Waals surface area contributed by atoms with Gasteiger partial charge in [-0.25, -0.2) is 4.39 Å². The summed E-state index contributed by atoms with van der Waals surface area (Å²) in [6, 6.07) is 2.46. The van der Waals surface area contributed by atoms with Gasteiger partial charge in [0.15, 0.2) is 0 Å². The van der Waals surface area contributed by atoms with Gasteiger partial charge in [0.1, 0.15) is 5.82 Å². The number of amides is 2. The molecule has 0 heterocycles. The summed E-state index contributed by atoms with van der Waals surface area (Å²) in [6.07, 6.45) is 0. The van der Waals surface area contributed by atoms with Crippen LogP contribution in [0.2, 0.25) is 0 Å². The standard InChI is InChI=1S/C14H19FN2O2S/c1-8-10(15)5-9(13(16)19)6-11(8)17-12(18)7-20-14(2,3)4/h5-6H,7H2,1-4H3,(H2,16,19)(H,17,18). The van der Waals surface area contributed by atoms with Crippen LogP contribution in [0, 0.1) is 12.7 Å². The number of thioether (sulfide) groups is 1. The topological polar surface area (TPSA) is 72.2 Å². The highest BCUT2D eigenvalue weighted by Gasteiger charge is 2.16. The van der Waals surface area contributed by atoms with Crippen molar-refractivity contribution < 1.29 is 14.0 Å². The van der Waals surface area contributed by atoms with E-state index >= 15 is 0 Å². The highest BCUT2D eigenvalue weighted by Crippen LogP contribution is 2.24. The maximum atomic E-state index is 13.7. The Labute approximate surface area is 122 Å². The number of carbonyl (C=O) groups is 2. The van der Waals surface area contributed by atoms with Crippen molar-refractivity contribution in [1.29, 1.82) is 0 Å². The van der Waals surface area contributed by atoms with Gasteiger partial charge in [-0.1, -0.05) is 20.8 Å². The van der Waals surface area contributed by atoms with Crippen LogP contribution in [0.1, 0.15) is 36.7 Å². The molecular formula is C14H19FN2O2S. The number of nitrogens with two attached hydrogens (primary N) is 1. The molecule has 0 spiro atoms. The number of primary amides is 1. The summed E-state index contributed by atoms with van der Waals surface area (Å²) in [5, 5.41) is 2.61. The van der Waals surface area contributed by atoms with E-state index in [-0.39, 0.29) is 33.2 Å². The van der Waals surface area contributed by atoms with E-state index in [9.17, 15) is 14.0 Å². The number of benzene rings is 1. The first-order valence-corrected chi connectivity index (χ1v) is 7.12. The summed E-state index contributed by atoms with van der Waals surface area (Å²) >= 11 is 1.48. The zero-order valence-corrected chi connectivity index (χ0v) is 12.9. The van der Waals surface area contributed by atoms with Crippen LogP contribution < -0.4 is 11.1 Å². The zero-order chi connectivity index (χ0) is 15.5. The minimum Gasteiger partial charge on any atom is -0.366 e. The average molecular weight is 298 g/mol. The van der Waals surface area contributed by atoms with Gasteiger partial charge >= 0.3 is 0 Å². The summed E-state index contributed by atoms with van der Waals surface area (Å²) in [7, 11) is 0. The summed E-state index contributed by atoms with van der Waals surface area (Å²) in [5.41, 5.74) is 5.72. The molecule has 0 saturated carbocycles. The molecule has 0 aliphatic heterocycles. The lowest BCUT2D eigenvalue weighted by Gasteiger charge is -2.17. The fraction of sp³-hybridized carbons (Fsp3) is 0.429. The monoisotopic (exact) mass is 298 g/mol. The lowest BCUT2D eigenvalue weighted by Crippen LogP contribution is -2.20. The molecule has 0 aliphatic carbocycles. The number of hydrogen-bond acceptors (Lipinski definition) is 3. The first-order valence-electron chi connectivity index (χ1n) is 6.14. The number of hydrogen-bond donors (Lipinski definition) is 2. The highest BCUT2D eigenvalue weighted by atomic mass is 32.2. The van der Waals surface area contributed by atoms with Crippen LogP contribution in [0.25, 0.3) is 0 Å². The van der Waals surface area contributed by atoms with Crippen molar-refractivity contribution in [2.24, 2.45) is 5.73 Å². The first kappa shape index (κ1) is 16.5. The van der Waals surface area contributed by atoms with Crippen LogP contribution >= 0.6 is 11.8 Å². The maximum Gasteiger partial charge on any atom is 0.248 e. The predicted molar refractivity (Wildman–Crippen MR) is 80.5 cm³/mol. The molecule has 0 unspecified atom stereocenters. The third-order valence-electron chi connectivity index (χ3n) is 2.54. The Morgan fingerprint density at radius 3 is 2.45 bits per heavy atom. The second kappa shape index (κ2) is 6.26. The van der Waals surface area contributed by atoms with Gasteiger partial charge < -0.3 is 11.1 Å². The predicted octanol–water partition coefficient (Wildman–Crippen LogP) is 2.70. The molecule has 0 saturated heterocycles. The molecule has 1 rings (SSSR count). The molecule has 0 aromatic heterocycles. The Hall–Kier alpha value is -1.56. The summed E-state index contributed by atoms with van der Waals surface area (Å²) in [6.45, 7) is 7.54. The van der Waals surface area contributed by atoms with Crippen LogP contribution in [-0.4, -0.2) is 22.3 Å². The summed E-state index contributed by atoms with van der Waals surface area (Å²) in [4.78, 5) is 22.9. The smallest absolute Gasteiger partial charge is 0.248 e. The van der Waals surface area contributed by atoms with Crippen molar-refractivity contribution in [2.75, 3.05) is 11.1 Å². The Morgan fingerprint density at radius 2 is 1.95 bits per heavy atom. The minimum absolute atomic E-state index is 0.0341. The van der Waals surface area contributed by atoms with Gasteiger partial charge in [-0.3, -0.25) is 9.59 Å². The molecule has 20 heavy (non-hydrogen) atoms. The normalized spacial score (nSPS) is 11.2. The van der Waals surface area contributed by atoms with Crippen LogP contribution in [0.15, 0.2) is 12.1 Å². The molecule has 0 radical (unpaired) electrons. The molecule has 4 nitrogen and oxygen atoms in total. The van der Waals surface area contributed by atoms with E-state index in [2.05, 4.69) is 5.32 Å². The lowest BCUT2D eigenvalue weighted by molar-refractivity contribution is -0.113. The molecule has 2 amide bonds. The molecule has 110 valence electrons. The van der Waals surface area contributed by atoms with Crippen LogP contribution in [0.4, 0.5) is 10.1 Å². The van der Waals surface area contributed by atoms with E-state index in [1.165, 1.54) is 24.8 Å². The van der Waals surface area contributed by atoms with Gasteiger partial charge in [0.25, 0.3) is 0 Å².